The van der Waals surface area contributed by atoms with E-state index in [1.54, 1.807) is 17.0 Å². The largest absolute Gasteiger partial charge is 0.573 e. The topological polar surface area (TPSA) is 160 Å². The molecule has 19 heteroatoms. The Morgan fingerprint density at radius 2 is 1.33 bits per heavy atom. The van der Waals surface area contributed by atoms with Crippen LogP contribution in [0.2, 0.25) is 0 Å². The molecule has 2 amide bonds. The summed E-state index contributed by atoms with van der Waals surface area (Å²) in [6.45, 7) is 0.318. The van der Waals surface area contributed by atoms with E-state index in [0.717, 1.165) is 53.3 Å². The molecular formula is C35H38F6N4O8S. The highest BCUT2D eigenvalue weighted by molar-refractivity contribution is 7.89. The molecule has 0 aromatic heterocycles. The molecule has 1 atom stereocenters. The number of halogens is 6. The standard InChI is InChI=1S/C33H37F3N4O6S.C2HF3O2/c34-33(35,36)46-27-9-5-22(6-10-27)31(41)39-17-18-40(30(21-39)32(42)38-15-13-25(37)14-16-38)47(43,44)29-12-8-23-19-28(11-7-24(23)20-29)45-26-3-1-2-4-26;3-2(4,5)1(6)7/h5-12,19-20,25-26,30H,1-4,13-18,21,37H2;(H,6,7)/t30-;/m0./s1. The Labute approximate surface area is 306 Å². The first kappa shape index (κ1) is 40.6. The molecule has 3 aromatic rings. The number of fused-ring (bicyclic) bond motifs is 1. The number of ether oxygens (including phenoxy) is 2. The van der Waals surface area contributed by atoms with Crippen LogP contribution in [0.25, 0.3) is 10.8 Å². The number of sulfonamides is 1. The number of benzene rings is 3. The maximum absolute atomic E-state index is 14.2. The van der Waals surface area contributed by atoms with Crippen molar-refractivity contribution in [2.24, 2.45) is 5.73 Å². The molecule has 0 bridgehead atoms. The van der Waals surface area contributed by atoms with Crippen molar-refractivity contribution >= 4 is 38.6 Å². The van der Waals surface area contributed by atoms with Crippen LogP contribution in [0.4, 0.5) is 26.3 Å². The second-order valence-corrected chi connectivity index (χ2v) is 15.0. The van der Waals surface area contributed by atoms with Gasteiger partial charge in [-0.05, 0) is 97.8 Å². The highest BCUT2D eigenvalue weighted by Gasteiger charge is 2.44. The van der Waals surface area contributed by atoms with Crippen LogP contribution >= 0.6 is 0 Å². The van der Waals surface area contributed by atoms with E-state index in [9.17, 15) is 44.3 Å². The van der Waals surface area contributed by atoms with Gasteiger partial charge in [-0.1, -0.05) is 12.1 Å². The first-order valence-electron chi connectivity index (χ1n) is 17.0. The van der Waals surface area contributed by atoms with Crippen LogP contribution in [-0.4, -0.2) is 109 Å². The Morgan fingerprint density at radius 3 is 1.93 bits per heavy atom. The molecule has 1 saturated carbocycles. The second kappa shape index (κ2) is 16.4. The molecule has 0 unspecified atom stereocenters. The number of carbonyl (C=O) groups is 3. The Kier molecular flexibility index (Phi) is 12.3. The molecule has 0 spiro atoms. The minimum absolute atomic E-state index is 0.0213. The Morgan fingerprint density at radius 1 is 0.759 bits per heavy atom. The molecule has 3 fully saturated rings. The van der Waals surface area contributed by atoms with E-state index in [0.29, 0.717) is 31.3 Å². The number of hydrogen-bond donors (Lipinski definition) is 2. The molecule has 2 heterocycles. The maximum Gasteiger partial charge on any atom is 0.573 e. The number of carboxylic acid groups (broad SMARTS) is 1. The van der Waals surface area contributed by atoms with Crippen LogP contribution < -0.4 is 15.2 Å². The summed E-state index contributed by atoms with van der Waals surface area (Å²) in [4.78, 5) is 39.2. The van der Waals surface area contributed by atoms with E-state index in [4.69, 9.17) is 20.4 Å². The number of carbonyl (C=O) groups excluding carboxylic acids is 2. The molecule has 3 aliphatic rings. The van der Waals surface area contributed by atoms with Crippen LogP contribution in [0.15, 0.2) is 65.6 Å². The fourth-order valence-corrected chi connectivity index (χ4v) is 8.12. The maximum atomic E-state index is 14.2. The lowest BCUT2D eigenvalue weighted by Crippen LogP contribution is -2.62. The van der Waals surface area contributed by atoms with Crippen LogP contribution in [0, 0.1) is 0 Å². The molecule has 6 rings (SSSR count). The van der Waals surface area contributed by atoms with Gasteiger partial charge in [0.1, 0.15) is 17.5 Å². The Balaban J connectivity index is 0.000000730. The number of carboxylic acids is 1. The number of nitrogens with two attached hydrogens (primary N) is 1. The number of aliphatic carboxylic acids is 1. The summed E-state index contributed by atoms with van der Waals surface area (Å²) >= 11 is 0. The highest BCUT2D eigenvalue weighted by Crippen LogP contribution is 2.31. The highest BCUT2D eigenvalue weighted by atomic mass is 32.2. The summed E-state index contributed by atoms with van der Waals surface area (Å²) in [6.07, 6.45) is -4.32. The van der Waals surface area contributed by atoms with Crippen molar-refractivity contribution in [1.82, 2.24) is 14.1 Å². The number of rotatable bonds is 7. The zero-order valence-corrected chi connectivity index (χ0v) is 29.5. The zero-order chi connectivity index (χ0) is 39.4. The minimum Gasteiger partial charge on any atom is -0.490 e. The number of amides is 2. The predicted molar refractivity (Wildman–Crippen MR) is 181 cm³/mol. The van der Waals surface area contributed by atoms with Crippen molar-refractivity contribution in [3.05, 3.63) is 66.2 Å². The lowest BCUT2D eigenvalue weighted by Gasteiger charge is -2.42. The predicted octanol–water partition coefficient (Wildman–Crippen LogP) is 5.16. The average molecular weight is 789 g/mol. The monoisotopic (exact) mass is 788 g/mol. The molecular weight excluding hydrogens is 750 g/mol. The molecule has 3 aromatic carbocycles. The lowest BCUT2D eigenvalue weighted by atomic mass is 10.0. The van der Waals surface area contributed by atoms with Gasteiger partial charge >= 0.3 is 18.5 Å². The van der Waals surface area contributed by atoms with Gasteiger partial charge < -0.3 is 30.1 Å². The summed E-state index contributed by atoms with van der Waals surface area (Å²) in [5.41, 5.74) is 6.12. The molecule has 54 heavy (non-hydrogen) atoms. The van der Waals surface area contributed by atoms with E-state index in [-0.39, 0.29) is 42.2 Å². The summed E-state index contributed by atoms with van der Waals surface area (Å²) in [6, 6.07) is 13.6. The van der Waals surface area contributed by atoms with E-state index in [1.807, 2.05) is 18.2 Å². The van der Waals surface area contributed by atoms with E-state index < -0.39 is 52.1 Å². The molecule has 2 saturated heterocycles. The van der Waals surface area contributed by atoms with Gasteiger partial charge in [0, 0.05) is 44.3 Å². The third kappa shape index (κ3) is 10.1. The zero-order valence-electron chi connectivity index (χ0n) is 28.7. The summed E-state index contributed by atoms with van der Waals surface area (Å²) in [7, 11) is -4.19. The van der Waals surface area contributed by atoms with Crippen LogP contribution in [0.5, 0.6) is 11.5 Å². The average Bonchev–Trinajstić information content (AvgIpc) is 3.63. The van der Waals surface area contributed by atoms with Gasteiger partial charge in [-0.15, -0.1) is 13.2 Å². The minimum atomic E-state index is -5.08. The van der Waals surface area contributed by atoms with Crippen molar-refractivity contribution in [2.45, 2.75) is 74.1 Å². The molecule has 12 nitrogen and oxygen atoms in total. The summed E-state index contributed by atoms with van der Waals surface area (Å²) < 4.78 is 109. The Bertz CT molecular complexity index is 1930. The van der Waals surface area contributed by atoms with Gasteiger partial charge in [-0.3, -0.25) is 9.59 Å². The van der Waals surface area contributed by atoms with Gasteiger partial charge in [-0.25, -0.2) is 13.2 Å². The fraction of sp³-hybridized carbons (Fsp3) is 0.457. The van der Waals surface area contributed by atoms with Crippen LogP contribution in [0.1, 0.15) is 48.9 Å². The van der Waals surface area contributed by atoms with Crippen LogP contribution in [-0.2, 0) is 19.6 Å². The van der Waals surface area contributed by atoms with Gasteiger partial charge in [0.2, 0.25) is 15.9 Å². The lowest BCUT2D eigenvalue weighted by molar-refractivity contribution is -0.274. The van der Waals surface area contributed by atoms with Crippen molar-refractivity contribution in [3.63, 3.8) is 0 Å². The smallest absolute Gasteiger partial charge is 0.490 e. The van der Waals surface area contributed by atoms with Gasteiger partial charge in [0.15, 0.2) is 0 Å². The molecule has 294 valence electrons. The number of hydrogen-bond acceptors (Lipinski definition) is 8. The van der Waals surface area contributed by atoms with Crippen molar-refractivity contribution in [2.75, 3.05) is 32.7 Å². The van der Waals surface area contributed by atoms with Gasteiger partial charge in [-0.2, -0.15) is 17.5 Å². The van der Waals surface area contributed by atoms with Crippen molar-refractivity contribution in [3.8, 4) is 11.5 Å². The normalized spacial score (nSPS) is 19.3. The first-order valence-corrected chi connectivity index (χ1v) is 18.5. The SMILES string of the molecule is NC1CCN(C(=O)[C@@H]2CN(C(=O)c3ccc(OC(F)(F)F)cc3)CCN2S(=O)(=O)c2ccc3cc(OC4CCCC4)ccc3c2)CC1.O=C(O)C(F)(F)F. The van der Waals surface area contributed by atoms with Crippen molar-refractivity contribution < 1.29 is 63.7 Å². The molecule has 2 aliphatic heterocycles. The quantitative estimate of drug-likeness (QED) is 0.309. The van der Waals surface area contributed by atoms with Crippen LogP contribution in [0.3, 0.4) is 0 Å². The van der Waals surface area contributed by atoms with E-state index >= 15 is 0 Å². The number of alkyl halides is 6. The molecule has 0 radical (unpaired) electrons. The number of piperazine rings is 1. The fourth-order valence-electron chi connectivity index (χ4n) is 6.52. The third-order valence-corrected chi connectivity index (χ3v) is 11.2. The number of piperidine rings is 1. The second-order valence-electron chi connectivity index (χ2n) is 13.1. The van der Waals surface area contributed by atoms with E-state index in [1.165, 1.54) is 23.1 Å². The summed E-state index contributed by atoms with van der Waals surface area (Å²) in [5.74, 6) is -3.47. The van der Waals surface area contributed by atoms with Crippen molar-refractivity contribution in [1.29, 1.82) is 0 Å². The third-order valence-electron chi connectivity index (χ3n) is 9.33. The van der Waals surface area contributed by atoms with Gasteiger partial charge in [0.05, 0.1) is 11.0 Å². The van der Waals surface area contributed by atoms with E-state index in [2.05, 4.69) is 4.74 Å². The summed E-state index contributed by atoms with van der Waals surface area (Å²) in [5, 5.41) is 8.64. The Hall–Kier alpha value is -4.62. The number of likely N-dealkylation sites (tertiary alicyclic amines) is 1. The molecule has 1 aliphatic carbocycles. The van der Waals surface area contributed by atoms with Gasteiger partial charge in [0.25, 0.3) is 5.91 Å². The molecule has 3 N–H and O–H groups in total. The number of nitrogens with zero attached hydrogens (tertiary/aromatic N) is 3. The first-order chi connectivity index (χ1) is 25.3.